The molecule has 1 saturated heterocycles. The van der Waals surface area contributed by atoms with E-state index in [2.05, 4.69) is 49.9 Å². The van der Waals surface area contributed by atoms with Gasteiger partial charge >= 0.3 is 0 Å². The molecule has 1 aromatic rings. The first-order valence-corrected chi connectivity index (χ1v) is 6.47. The van der Waals surface area contributed by atoms with E-state index >= 15 is 0 Å². The molecule has 17 heavy (non-hydrogen) atoms. The van der Waals surface area contributed by atoms with Gasteiger partial charge in [0.1, 0.15) is 0 Å². The minimum Gasteiger partial charge on any atom is -0.378 e. The molecule has 0 unspecified atom stereocenters. The molecule has 1 heterocycles. The van der Waals surface area contributed by atoms with Gasteiger partial charge in [-0.15, -0.1) is 0 Å². The molecule has 0 aromatic heterocycles. The van der Waals surface area contributed by atoms with Gasteiger partial charge in [0, 0.05) is 18.8 Å². The number of hydrogen-bond acceptors (Lipinski definition) is 2. The topological polar surface area (TPSA) is 12.5 Å². The third-order valence-corrected chi connectivity index (χ3v) is 3.06. The van der Waals surface area contributed by atoms with Crippen molar-refractivity contribution in [1.29, 1.82) is 0 Å². The molecule has 0 radical (unpaired) electrons. The van der Waals surface area contributed by atoms with Crippen molar-refractivity contribution in [1.82, 2.24) is 0 Å². The van der Waals surface area contributed by atoms with Crippen LogP contribution in [0, 0.1) is 5.41 Å². The lowest BCUT2D eigenvalue weighted by Crippen LogP contribution is -2.37. The Morgan fingerprint density at radius 2 is 1.76 bits per heavy atom. The first-order valence-electron chi connectivity index (χ1n) is 6.47. The van der Waals surface area contributed by atoms with E-state index in [4.69, 9.17) is 4.74 Å². The van der Waals surface area contributed by atoms with Crippen LogP contribution in [0.3, 0.4) is 0 Å². The normalized spacial score (nSPS) is 17.2. The van der Waals surface area contributed by atoms with E-state index in [1.54, 1.807) is 0 Å². The lowest BCUT2D eigenvalue weighted by atomic mass is 9.87. The fraction of sp³-hybridized carbons (Fsp3) is 0.600. The van der Waals surface area contributed by atoms with Crippen LogP contribution in [0.5, 0.6) is 0 Å². The number of anilines is 1. The Kier molecular flexibility index (Phi) is 3.72. The van der Waals surface area contributed by atoms with Crippen LogP contribution in [0.25, 0.3) is 0 Å². The highest BCUT2D eigenvalue weighted by atomic mass is 16.5. The van der Waals surface area contributed by atoms with Crippen molar-refractivity contribution in [2.24, 2.45) is 5.41 Å². The standard InChI is InChI=1S/C15H23NO/c1-15(2,3)12-13-6-4-5-7-14(13)16-8-10-17-11-9-16/h4-7H,8-12H2,1-3H3. The quantitative estimate of drug-likeness (QED) is 0.778. The fourth-order valence-electron chi connectivity index (χ4n) is 2.34. The van der Waals surface area contributed by atoms with Gasteiger partial charge in [-0.1, -0.05) is 39.0 Å². The van der Waals surface area contributed by atoms with E-state index < -0.39 is 0 Å². The number of benzene rings is 1. The van der Waals surface area contributed by atoms with Crippen molar-refractivity contribution >= 4 is 5.69 Å². The number of para-hydroxylation sites is 1. The molecular formula is C15H23NO. The second-order valence-electron chi connectivity index (χ2n) is 5.97. The van der Waals surface area contributed by atoms with Gasteiger partial charge in [-0.05, 0) is 23.5 Å². The van der Waals surface area contributed by atoms with Crippen LogP contribution in [0.1, 0.15) is 26.3 Å². The zero-order valence-electron chi connectivity index (χ0n) is 11.2. The Hall–Kier alpha value is -1.02. The predicted molar refractivity (Wildman–Crippen MR) is 72.6 cm³/mol. The summed E-state index contributed by atoms with van der Waals surface area (Å²) in [6.45, 7) is 10.6. The summed E-state index contributed by atoms with van der Waals surface area (Å²) in [5.74, 6) is 0. The average molecular weight is 233 g/mol. The Morgan fingerprint density at radius 3 is 2.41 bits per heavy atom. The van der Waals surface area contributed by atoms with E-state index in [1.807, 2.05) is 0 Å². The second kappa shape index (κ2) is 5.09. The Balaban J connectivity index is 2.20. The second-order valence-corrected chi connectivity index (χ2v) is 5.97. The zero-order valence-corrected chi connectivity index (χ0v) is 11.2. The van der Waals surface area contributed by atoms with E-state index in [-0.39, 0.29) is 0 Å². The molecule has 2 rings (SSSR count). The molecule has 94 valence electrons. The number of ether oxygens (including phenoxy) is 1. The van der Waals surface area contributed by atoms with Gasteiger partial charge in [-0.3, -0.25) is 0 Å². The maximum atomic E-state index is 5.42. The SMILES string of the molecule is CC(C)(C)Cc1ccccc1N1CCOCC1. The van der Waals surface area contributed by atoms with Gasteiger partial charge < -0.3 is 9.64 Å². The van der Waals surface area contributed by atoms with Crippen molar-refractivity contribution in [3.63, 3.8) is 0 Å². The minimum atomic E-state index is 0.336. The van der Waals surface area contributed by atoms with Crippen molar-refractivity contribution in [3.8, 4) is 0 Å². The minimum absolute atomic E-state index is 0.336. The van der Waals surface area contributed by atoms with E-state index in [0.717, 1.165) is 32.7 Å². The summed E-state index contributed by atoms with van der Waals surface area (Å²) in [5, 5.41) is 0. The zero-order chi connectivity index (χ0) is 12.3. The third-order valence-electron chi connectivity index (χ3n) is 3.06. The summed E-state index contributed by atoms with van der Waals surface area (Å²) < 4.78 is 5.42. The van der Waals surface area contributed by atoms with Gasteiger partial charge in [0.15, 0.2) is 0 Å². The van der Waals surface area contributed by atoms with Crippen molar-refractivity contribution in [2.75, 3.05) is 31.2 Å². The number of hydrogen-bond donors (Lipinski definition) is 0. The van der Waals surface area contributed by atoms with Gasteiger partial charge in [0.05, 0.1) is 13.2 Å². The fourth-order valence-corrected chi connectivity index (χ4v) is 2.34. The summed E-state index contributed by atoms with van der Waals surface area (Å²) in [6.07, 6.45) is 1.13. The summed E-state index contributed by atoms with van der Waals surface area (Å²) >= 11 is 0. The van der Waals surface area contributed by atoms with Crippen molar-refractivity contribution in [2.45, 2.75) is 27.2 Å². The van der Waals surface area contributed by atoms with Crippen LogP contribution in [-0.2, 0) is 11.2 Å². The maximum Gasteiger partial charge on any atom is 0.0642 e. The van der Waals surface area contributed by atoms with Crippen LogP contribution >= 0.6 is 0 Å². The number of rotatable bonds is 2. The summed E-state index contributed by atoms with van der Waals surface area (Å²) in [4.78, 5) is 2.45. The van der Waals surface area contributed by atoms with E-state index in [1.165, 1.54) is 11.3 Å². The third kappa shape index (κ3) is 3.47. The molecule has 1 aliphatic heterocycles. The molecule has 2 nitrogen and oxygen atoms in total. The molecule has 0 spiro atoms. The first-order chi connectivity index (χ1) is 8.06. The lowest BCUT2D eigenvalue weighted by molar-refractivity contribution is 0.122. The van der Waals surface area contributed by atoms with Crippen LogP contribution in [0.15, 0.2) is 24.3 Å². The smallest absolute Gasteiger partial charge is 0.0642 e. The largest absolute Gasteiger partial charge is 0.378 e. The molecule has 1 aliphatic rings. The van der Waals surface area contributed by atoms with E-state index in [9.17, 15) is 0 Å². The van der Waals surface area contributed by atoms with E-state index in [0.29, 0.717) is 5.41 Å². The first kappa shape index (κ1) is 12.4. The summed E-state index contributed by atoms with van der Waals surface area (Å²) in [7, 11) is 0. The molecular weight excluding hydrogens is 210 g/mol. The number of morpholine rings is 1. The van der Waals surface area contributed by atoms with Crippen molar-refractivity contribution in [3.05, 3.63) is 29.8 Å². The van der Waals surface area contributed by atoms with Crippen LogP contribution in [0.2, 0.25) is 0 Å². The van der Waals surface area contributed by atoms with Crippen LogP contribution < -0.4 is 4.90 Å². The summed E-state index contributed by atoms with van der Waals surface area (Å²) in [6, 6.07) is 8.78. The molecule has 0 N–H and O–H groups in total. The van der Waals surface area contributed by atoms with Gasteiger partial charge in [-0.2, -0.15) is 0 Å². The van der Waals surface area contributed by atoms with Crippen LogP contribution in [-0.4, -0.2) is 26.3 Å². The van der Waals surface area contributed by atoms with Crippen molar-refractivity contribution < 1.29 is 4.74 Å². The Labute approximate surface area is 105 Å². The Morgan fingerprint density at radius 1 is 1.12 bits per heavy atom. The number of nitrogens with zero attached hydrogens (tertiary/aromatic N) is 1. The molecule has 0 atom stereocenters. The molecule has 1 fully saturated rings. The molecule has 0 amide bonds. The average Bonchev–Trinajstić information content (AvgIpc) is 2.29. The van der Waals surface area contributed by atoms with Gasteiger partial charge in [-0.25, -0.2) is 0 Å². The van der Waals surface area contributed by atoms with Gasteiger partial charge in [0.2, 0.25) is 0 Å². The molecule has 0 aliphatic carbocycles. The maximum absolute atomic E-state index is 5.42. The highest BCUT2D eigenvalue weighted by Gasteiger charge is 2.18. The highest BCUT2D eigenvalue weighted by molar-refractivity contribution is 5.54. The molecule has 1 aromatic carbocycles. The lowest BCUT2D eigenvalue weighted by Gasteiger charge is -2.32. The molecule has 0 saturated carbocycles. The Bertz CT molecular complexity index is 361. The molecule has 0 bridgehead atoms. The summed E-state index contributed by atoms with van der Waals surface area (Å²) in [5.41, 5.74) is 3.19. The monoisotopic (exact) mass is 233 g/mol. The van der Waals surface area contributed by atoms with Crippen LogP contribution in [0.4, 0.5) is 5.69 Å². The molecule has 2 heteroatoms. The predicted octanol–water partition coefficient (Wildman–Crippen LogP) is 3.11. The highest BCUT2D eigenvalue weighted by Crippen LogP contribution is 2.28. The van der Waals surface area contributed by atoms with Gasteiger partial charge in [0.25, 0.3) is 0 Å².